The third-order valence-electron chi connectivity index (χ3n) is 5.69. The Morgan fingerprint density at radius 3 is 2.61 bits per heavy atom. The molecule has 7 heteroatoms. The van der Waals surface area contributed by atoms with E-state index in [1.807, 2.05) is 54.6 Å². The Kier molecular flexibility index (Phi) is 5.42. The monoisotopic (exact) mass is 449 g/mol. The second-order valence-corrected chi connectivity index (χ2v) is 9.02. The van der Waals surface area contributed by atoms with Gasteiger partial charge in [-0.1, -0.05) is 71.9 Å². The summed E-state index contributed by atoms with van der Waals surface area (Å²) in [6.07, 6.45) is 2.09. The van der Waals surface area contributed by atoms with Gasteiger partial charge in [-0.05, 0) is 30.0 Å². The molecule has 1 aliphatic heterocycles. The summed E-state index contributed by atoms with van der Waals surface area (Å²) in [5.41, 5.74) is 3.77. The first kappa shape index (κ1) is 20.1. The molecule has 156 valence electrons. The molecule has 0 saturated carbocycles. The highest BCUT2D eigenvalue weighted by molar-refractivity contribution is 7.98. The van der Waals surface area contributed by atoms with Crippen LogP contribution < -0.4 is 10.9 Å². The van der Waals surface area contributed by atoms with Gasteiger partial charge in [0.05, 0.1) is 5.56 Å². The molecule has 0 unspecified atom stereocenters. The number of allylic oxidation sites excluding steroid dienone is 2. The summed E-state index contributed by atoms with van der Waals surface area (Å²) in [7, 11) is 0. The lowest BCUT2D eigenvalue weighted by atomic mass is 9.76. The number of hydrogen-bond donors (Lipinski definition) is 2. The number of ketones is 1. The molecule has 1 atom stereocenters. The molecule has 0 saturated heterocycles. The van der Waals surface area contributed by atoms with Crippen molar-refractivity contribution in [3.8, 4) is 0 Å². The van der Waals surface area contributed by atoms with Crippen LogP contribution in [0, 0.1) is 0 Å². The van der Waals surface area contributed by atoms with Crippen LogP contribution in [0.4, 0.5) is 5.82 Å². The number of hydrogen-bond acceptors (Lipinski definition) is 5. The smallest absolute Gasteiger partial charge is 0.257 e. The summed E-state index contributed by atoms with van der Waals surface area (Å²) in [6, 6.07) is 17.4. The maximum absolute atomic E-state index is 13.2. The number of carbonyl (C=O) groups excluding carboxylic acids is 1. The molecule has 2 aromatic carbocycles. The minimum absolute atomic E-state index is 0.102. The quantitative estimate of drug-likeness (QED) is 0.418. The Morgan fingerprint density at radius 1 is 1.03 bits per heavy atom. The average molecular weight is 450 g/mol. The standard InChI is InChI=1S/C24H20ClN3O2S/c25-16-10-5-4-9-15(16)13-31-24-27-22-21(23(30)28-24)19(14-7-2-1-3-8-14)20-17(26-22)11-6-12-18(20)29/h1-5,7-10,19H,6,11-13H2,(H2,26,27,28,30)/t19-/m1/s1. The lowest BCUT2D eigenvalue weighted by Crippen LogP contribution is -2.32. The molecule has 2 heterocycles. The first-order chi connectivity index (χ1) is 15.1. The number of thioether (sulfide) groups is 1. The third kappa shape index (κ3) is 3.82. The van der Waals surface area contributed by atoms with Crippen molar-refractivity contribution in [3.05, 3.63) is 97.9 Å². The maximum Gasteiger partial charge on any atom is 0.257 e. The largest absolute Gasteiger partial charge is 0.343 e. The van der Waals surface area contributed by atoms with E-state index in [0.29, 0.717) is 39.3 Å². The molecule has 0 radical (unpaired) electrons. The van der Waals surface area contributed by atoms with Crippen molar-refractivity contribution in [3.63, 3.8) is 0 Å². The second kappa shape index (κ2) is 8.36. The van der Waals surface area contributed by atoms with E-state index in [4.69, 9.17) is 16.6 Å². The van der Waals surface area contributed by atoms with Crippen molar-refractivity contribution < 1.29 is 4.79 Å². The van der Waals surface area contributed by atoms with Crippen molar-refractivity contribution in [2.24, 2.45) is 0 Å². The number of aromatic amines is 1. The molecule has 5 nitrogen and oxygen atoms in total. The lowest BCUT2D eigenvalue weighted by Gasteiger charge is -2.32. The van der Waals surface area contributed by atoms with Crippen LogP contribution in [0.25, 0.3) is 0 Å². The Morgan fingerprint density at radius 2 is 1.81 bits per heavy atom. The van der Waals surface area contributed by atoms with Crippen molar-refractivity contribution in [1.82, 2.24) is 9.97 Å². The van der Waals surface area contributed by atoms with Crippen LogP contribution in [-0.4, -0.2) is 15.8 Å². The fourth-order valence-corrected chi connectivity index (χ4v) is 5.40. The summed E-state index contributed by atoms with van der Waals surface area (Å²) in [6.45, 7) is 0. The number of Topliss-reactive ketones (excluding diaryl/α,β-unsaturated/α-hetero) is 1. The minimum Gasteiger partial charge on any atom is -0.343 e. The number of carbonyl (C=O) groups is 1. The summed E-state index contributed by atoms with van der Waals surface area (Å²) in [5.74, 6) is 0.826. The average Bonchev–Trinajstić information content (AvgIpc) is 2.78. The van der Waals surface area contributed by atoms with Crippen LogP contribution in [0.15, 0.2) is 75.8 Å². The topological polar surface area (TPSA) is 74.8 Å². The van der Waals surface area contributed by atoms with Gasteiger partial charge in [-0.15, -0.1) is 0 Å². The van der Waals surface area contributed by atoms with Crippen LogP contribution in [0.3, 0.4) is 0 Å². The zero-order valence-corrected chi connectivity index (χ0v) is 18.2. The fourth-order valence-electron chi connectivity index (χ4n) is 4.25. The molecule has 2 N–H and O–H groups in total. The third-order valence-corrected chi connectivity index (χ3v) is 6.98. The first-order valence-electron chi connectivity index (χ1n) is 10.2. The zero-order valence-electron chi connectivity index (χ0n) is 16.7. The molecule has 0 fully saturated rings. The molecule has 1 aliphatic carbocycles. The highest BCUT2D eigenvalue weighted by Crippen LogP contribution is 2.43. The molecule has 31 heavy (non-hydrogen) atoms. The van der Waals surface area contributed by atoms with Gasteiger partial charge in [0, 0.05) is 34.4 Å². The highest BCUT2D eigenvalue weighted by atomic mass is 35.5. The summed E-state index contributed by atoms with van der Waals surface area (Å²) < 4.78 is 0. The molecule has 0 spiro atoms. The van der Waals surface area contributed by atoms with Gasteiger partial charge in [0.15, 0.2) is 10.9 Å². The molecule has 2 aliphatic rings. The van der Waals surface area contributed by atoms with E-state index in [-0.39, 0.29) is 11.3 Å². The van der Waals surface area contributed by atoms with Crippen LogP contribution >= 0.6 is 23.4 Å². The zero-order chi connectivity index (χ0) is 21.4. The number of H-pyrrole nitrogens is 1. The van der Waals surface area contributed by atoms with Crippen LogP contribution in [0.2, 0.25) is 5.02 Å². The van der Waals surface area contributed by atoms with Gasteiger partial charge in [0.25, 0.3) is 5.56 Å². The number of anilines is 1. The van der Waals surface area contributed by atoms with Gasteiger partial charge >= 0.3 is 0 Å². The maximum atomic E-state index is 13.2. The number of aromatic nitrogens is 2. The number of nitrogens with one attached hydrogen (secondary N) is 2. The Balaban J connectivity index is 1.56. The SMILES string of the molecule is O=C1CCCC2=C1[C@@H](c1ccccc1)c1c(nc(SCc3ccccc3Cl)[nH]c1=O)N2. The summed E-state index contributed by atoms with van der Waals surface area (Å²) in [5, 5.41) is 4.52. The van der Waals surface area contributed by atoms with Crippen molar-refractivity contribution in [2.45, 2.75) is 36.1 Å². The molecule has 5 rings (SSSR count). The van der Waals surface area contributed by atoms with E-state index < -0.39 is 5.92 Å². The van der Waals surface area contributed by atoms with E-state index in [1.54, 1.807) is 0 Å². The molecular weight excluding hydrogens is 430 g/mol. The van der Waals surface area contributed by atoms with E-state index in [9.17, 15) is 9.59 Å². The van der Waals surface area contributed by atoms with Gasteiger partial charge < -0.3 is 10.3 Å². The fraction of sp³-hybridized carbons (Fsp3) is 0.208. The van der Waals surface area contributed by atoms with Gasteiger partial charge in [-0.2, -0.15) is 0 Å². The Hall–Kier alpha value is -2.83. The van der Waals surface area contributed by atoms with Gasteiger partial charge in [-0.25, -0.2) is 4.98 Å². The van der Waals surface area contributed by atoms with E-state index >= 15 is 0 Å². The lowest BCUT2D eigenvalue weighted by molar-refractivity contribution is -0.116. The predicted molar refractivity (Wildman–Crippen MR) is 124 cm³/mol. The minimum atomic E-state index is -0.404. The van der Waals surface area contributed by atoms with E-state index in [2.05, 4.69) is 10.3 Å². The van der Waals surface area contributed by atoms with E-state index in [1.165, 1.54) is 11.8 Å². The highest BCUT2D eigenvalue weighted by Gasteiger charge is 2.37. The van der Waals surface area contributed by atoms with Crippen LogP contribution in [0.1, 0.15) is 41.9 Å². The summed E-state index contributed by atoms with van der Waals surface area (Å²) >= 11 is 7.69. The first-order valence-corrected chi connectivity index (χ1v) is 11.6. The predicted octanol–water partition coefficient (Wildman–Crippen LogP) is 5.28. The number of rotatable bonds is 4. The van der Waals surface area contributed by atoms with Gasteiger partial charge in [0.1, 0.15) is 5.82 Å². The van der Waals surface area contributed by atoms with Crippen LogP contribution in [-0.2, 0) is 10.5 Å². The number of halogens is 1. The van der Waals surface area contributed by atoms with E-state index in [0.717, 1.165) is 29.7 Å². The molecule has 1 aromatic heterocycles. The Labute approximate surface area is 189 Å². The van der Waals surface area contributed by atoms with Crippen molar-refractivity contribution in [1.29, 1.82) is 0 Å². The number of fused-ring (bicyclic) bond motifs is 1. The molecular formula is C24H20ClN3O2S. The van der Waals surface area contributed by atoms with Gasteiger partial charge in [-0.3, -0.25) is 9.59 Å². The van der Waals surface area contributed by atoms with Crippen LogP contribution in [0.5, 0.6) is 0 Å². The number of benzene rings is 2. The Bertz CT molecular complexity index is 1250. The second-order valence-electron chi connectivity index (χ2n) is 7.65. The normalized spacial score (nSPS) is 17.7. The molecule has 3 aromatic rings. The molecule has 0 amide bonds. The number of nitrogens with zero attached hydrogens (tertiary/aromatic N) is 1. The van der Waals surface area contributed by atoms with Crippen molar-refractivity contribution in [2.75, 3.05) is 5.32 Å². The van der Waals surface area contributed by atoms with Crippen molar-refractivity contribution >= 4 is 35.0 Å². The molecule has 0 bridgehead atoms. The van der Waals surface area contributed by atoms with Gasteiger partial charge in [0.2, 0.25) is 0 Å². The summed E-state index contributed by atoms with van der Waals surface area (Å²) in [4.78, 5) is 33.7.